The van der Waals surface area contributed by atoms with Gasteiger partial charge in [0, 0.05) is 22.4 Å². The van der Waals surface area contributed by atoms with Gasteiger partial charge in [0.05, 0.1) is 5.56 Å². The number of carbonyl (C=O) groups is 1. The lowest BCUT2D eigenvalue weighted by Gasteiger charge is -2.10. The molecule has 7 nitrogen and oxygen atoms in total. The van der Waals surface area contributed by atoms with Crippen molar-refractivity contribution in [2.75, 3.05) is 6.79 Å². The fourth-order valence-corrected chi connectivity index (χ4v) is 3.90. The highest BCUT2D eigenvalue weighted by molar-refractivity contribution is 5.97. The Bertz CT molecular complexity index is 1590. The molecule has 0 amide bonds. The quantitative estimate of drug-likeness (QED) is 0.209. The lowest BCUT2D eigenvalue weighted by molar-refractivity contribution is 0.0733. The van der Waals surface area contributed by atoms with Crippen molar-refractivity contribution in [2.24, 2.45) is 0 Å². The van der Waals surface area contributed by atoms with E-state index in [1.165, 1.54) is 6.07 Å². The van der Waals surface area contributed by atoms with Crippen molar-refractivity contribution in [2.45, 2.75) is 6.92 Å². The Balaban J connectivity index is 1.43. The number of fused-ring (bicyclic) bond motifs is 3. The third-order valence-corrected chi connectivity index (χ3v) is 5.54. The Morgan fingerprint density at radius 1 is 0.879 bits per heavy atom. The van der Waals surface area contributed by atoms with Crippen LogP contribution >= 0.6 is 0 Å². The van der Waals surface area contributed by atoms with Crippen LogP contribution in [0.1, 0.15) is 15.9 Å². The molecule has 0 saturated heterocycles. The number of carbonyl (C=O) groups excluding carboxylic acids is 1. The Morgan fingerprint density at radius 3 is 2.61 bits per heavy atom. The van der Waals surface area contributed by atoms with E-state index in [4.69, 9.17) is 23.0 Å². The number of esters is 1. The molecule has 162 valence electrons. The monoisotopic (exact) mass is 440 g/mol. The molecule has 2 aromatic heterocycles. The predicted octanol–water partition coefficient (Wildman–Crippen LogP) is 5.46. The van der Waals surface area contributed by atoms with Gasteiger partial charge in [-0.25, -0.2) is 9.59 Å². The standard InChI is InChI=1S/C26H16O7/c1-14-8-22-17(11-21(14)33-26(28)16-6-7-20-24(10-16)30-13-29-20)18(12-25(27)32-22)23-9-15-4-2-3-5-19(15)31-23/h2-12H,13H2,1H3. The minimum atomic E-state index is -0.543. The summed E-state index contributed by atoms with van der Waals surface area (Å²) in [6, 6.07) is 19.0. The van der Waals surface area contributed by atoms with Gasteiger partial charge in [-0.15, -0.1) is 0 Å². The Labute approximate surface area is 186 Å². The van der Waals surface area contributed by atoms with Crippen molar-refractivity contribution in [1.82, 2.24) is 0 Å². The number of hydrogen-bond donors (Lipinski definition) is 0. The molecule has 3 aromatic carbocycles. The van der Waals surface area contributed by atoms with Gasteiger partial charge >= 0.3 is 11.6 Å². The van der Waals surface area contributed by atoms with Crippen molar-refractivity contribution in [3.05, 3.63) is 88.3 Å². The molecule has 1 aliphatic heterocycles. The predicted molar refractivity (Wildman–Crippen MR) is 120 cm³/mol. The van der Waals surface area contributed by atoms with Crippen LogP contribution in [0.15, 0.2) is 80.4 Å². The van der Waals surface area contributed by atoms with Gasteiger partial charge in [0.2, 0.25) is 6.79 Å². The van der Waals surface area contributed by atoms with Gasteiger partial charge in [-0.2, -0.15) is 0 Å². The summed E-state index contributed by atoms with van der Waals surface area (Å²) in [5.74, 6) is 1.40. The fraction of sp³-hybridized carbons (Fsp3) is 0.0769. The summed E-state index contributed by atoms with van der Waals surface area (Å²) in [6.45, 7) is 1.89. The van der Waals surface area contributed by atoms with Crippen molar-refractivity contribution >= 4 is 27.9 Å². The second kappa shape index (κ2) is 7.27. The molecule has 0 saturated carbocycles. The van der Waals surface area contributed by atoms with E-state index in [1.54, 1.807) is 37.3 Å². The van der Waals surface area contributed by atoms with E-state index in [0.717, 1.165) is 5.39 Å². The van der Waals surface area contributed by atoms with E-state index in [2.05, 4.69) is 0 Å². The molecule has 0 radical (unpaired) electrons. The minimum absolute atomic E-state index is 0.118. The van der Waals surface area contributed by atoms with Crippen molar-refractivity contribution in [3.63, 3.8) is 0 Å². The van der Waals surface area contributed by atoms with Crippen LogP contribution in [-0.4, -0.2) is 12.8 Å². The Kier molecular flexibility index (Phi) is 4.23. The molecule has 0 unspecified atom stereocenters. The lowest BCUT2D eigenvalue weighted by Crippen LogP contribution is -2.09. The molecule has 7 heteroatoms. The molecule has 0 fully saturated rings. The molecule has 0 bridgehead atoms. The van der Waals surface area contributed by atoms with Gasteiger partial charge in [-0.3, -0.25) is 0 Å². The first kappa shape index (κ1) is 19.2. The maximum Gasteiger partial charge on any atom is 0.343 e. The average Bonchev–Trinajstić information content (AvgIpc) is 3.45. The first-order valence-electron chi connectivity index (χ1n) is 10.2. The van der Waals surface area contributed by atoms with Crippen LogP contribution < -0.4 is 19.8 Å². The smallest absolute Gasteiger partial charge is 0.343 e. The first-order chi connectivity index (χ1) is 16.0. The number of benzene rings is 3. The summed E-state index contributed by atoms with van der Waals surface area (Å²) in [5, 5.41) is 1.50. The van der Waals surface area contributed by atoms with Gasteiger partial charge in [0.15, 0.2) is 11.5 Å². The molecule has 0 atom stereocenters. The molecule has 0 aliphatic carbocycles. The van der Waals surface area contributed by atoms with E-state index in [0.29, 0.717) is 56.3 Å². The van der Waals surface area contributed by atoms with Gasteiger partial charge in [-0.1, -0.05) is 18.2 Å². The van der Waals surface area contributed by atoms with Gasteiger partial charge in [-0.05, 0) is 55.0 Å². The average molecular weight is 440 g/mol. The summed E-state index contributed by atoms with van der Waals surface area (Å²) >= 11 is 0. The Morgan fingerprint density at radius 2 is 1.73 bits per heavy atom. The highest BCUT2D eigenvalue weighted by Crippen LogP contribution is 2.36. The summed E-state index contributed by atoms with van der Waals surface area (Å²) in [5.41, 5.74) is 2.10. The molecule has 0 N–H and O–H groups in total. The Hall–Kier alpha value is -4.52. The maximum atomic E-state index is 12.8. The van der Waals surface area contributed by atoms with Gasteiger partial charge < -0.3 is 23.0 Å². The highest BCUT2D eigenvalue weighted by atomic mass is 16.7. The summed E-state index contributed by atoms with van der Waals surface area (Å²) < 4.78 is 27.7. The molecule has 1 aliphatic rings. The van der Waals surface area contributed by atoms with Gasteiger partial charge in [0.1, 0.15) is 22.7 Å². The van der Waals surface area contributed by atoms with Crippen LogP contribution in [0.5, 0.6) is 17.2 Å². The number of rotatable bonds is 3. The van der Waals surface area contributed by atoms with E-state index in [9.17, 15) is 9.59 Å². The van der Waals surface area contributed by atoms with Crippen molar-refractivity contribution in [3.8, 4) is 28.6 Å². The van der Waals surface area contributed by atoms with Crippen LogP contribution in [0.2, 0.25) is 0 Å². The molecule has 6 rings (SSSR count). The van der Waals surface area contributed by atoms with Crippen LogP contribution in [-0.2, 0) is 0 Å². The largest absolute Gasteiger partial charge is 0.456 e. The first-order valence-corrected chi connectivity index (χ1v) is 10.2. The van der Waals surface area contributed by atoms with E-state index < -0.39 is 11.6 Å². The summed E-state index contributed by atoms with van der Waals surface area (Å²) in [6.07, 6.45) is 0. The second-order valence-corrected chi connectivity index (χ2v) is 7.70. The number of furan rings is 1. The molecule has 3 heterocycles. The fourth-order valence-electron chi connectivity index (χ4n) is 3.90. The molecule has 33 heavy (non-hydrogen) atoms. The zero-order valence-electron chi connectivity index (χ0n) is 17.4. The van der Waals surface area contributed by atoms with Crippen LogP contribution in [0.3, 0.4) is 0 Å². The van der Waals surface area contributed by atoms with E-state index in [1.807, 2.05) is 30.3 Å². The number of para-hydroxylation sites is 1. The third kappa shape index (κ3) is 3.30. The topological polar surface area (TPSA) is 88.1 Å². The van der Waals surface area contributed by atoms with Crippen molar-refractivity contribution in [1.29, 1.82) is 0 Å². The third-order valence-electron chi connectivity index (χ3n) is 5.54. The van der Waals surface area contributed by atoms with Crippen molar-refractivity contribution < 1.29 is 27.8 Å². The normalized spacial score (nSPS) is 12.4. The molecular weight excluding hydrogens is 424 g/mol. The highest BCUT2D eigenvalue weighted by Gasteiger charge is 2.20. The number of ether oxygens (including phenoxy) is 3. The zero-order valence-corrected chi connectivity index (χ0v) is 17.4. The molecule has 5 aromatic rings. The van der Waals surface area contributed by atoms with Gasteiger partial charge in [0.25, 0.3) is 0 Å². The lowest BCUT2D eigenvalue weighted by atomic mass is 10.0. The molecule has 0 spiro atoms. The number of hydrogen-bond acceptors (Lipinski definition) is 7. The van der Waals surface area contributed by atoms with Crippen LogP contribution in [0, 0.1) is 6.92 Å². The number of aryl methyl sites for hydroxylation is 1. The van der Waals surface area contributed by atoms with Crippen LogP contribution in [0.25, 0.3) is 33.3 Å². The second-order valence-electron chi connectivity index (χ2n) is 7.70. The summed E-state index contributed by atoms with van der Waals surface area (Å²) in [4.78, 5) is 25.0. The minimum Gasteiger partial charge on any atom is -0.456 e. The maximum absolute atomic E-state index is 12.8. The zero-order chi connectivity index (χ0) is 22.5. The SMILES string of the molecule is Cc1cc2oc(=O)cc(-c3cc4ccccc4o3)c2cc1OC(=O)c1ccc2c(c1)OCO2. The van der Waals surface area contributed by atoms with Crippen LogP contribution in [0.4, 0.5) is 0 Å². The molecular formula is C26H16O7. The van der Waals surface area contributed by atoms with E-state index >= 15 is 0 Å². The summed E-state index contributed by atoms with van der Waals surface area (Å²) in [7, 11) is 0. The van der Waals surface area contributed by atoms with E-state index in [-0.39, 0.29) is 6.79 Å².